The van der Waals surface area contributed by atoms with Gasteiger partial charge in [0.05, 0.1) is 22.5 Å². The Bertz CT molecular complexity index is 1130. The minimum absolute atomic E-state index is 0.0181. The molecule has 0 spiro atoms. The van der Waals surface area contributed by atoms with Crippen molar-refractivity contribution in [3.63, 3.8) is 0 Å². The van der Waals surface area contributed by atoms with Crippen molar-refractivity contribution in [2.24, 2.45) is 0 Å². The highest BCUT2D eigenvalue weighted by atomic mass is 32.2. The van der Waals surface area contributed by atoms with Crippen LogP contribution in [0.2, 0.25) is 0 Å². The van der Waals surface area contributed by atoms with Crippen LogP contribution in [-0.4, -0.2) is 29.9 Å². The predicted octanol–water partition coefficient (Wildman–Crippen LogP) is 2.43. The van der Waals surface area contributed by atoms with Crippen molar-refractivity contribution in [3.05, 3.63) is 59.9 Å². The molecule has 1 aliphatic carbocycles. The number of nitrogens with zero attached hydrogens (tertiary/aromatic N) is 2. The van der Waals surface area contributed by atoms with Crippen LogP contribution in [0.5, 0.6) is 0 Å². The van der Waals surface area contributed by atoms with Crippen molar-refractivity contribution in [1.82, 2.24) is 19.6 Å². The second kappa shape index (κ2) is 7.37. The van der Waals surface area contributed by atoms with Gasteiger partial charge < -0.3 is 9.88 Å². The fourth-order valence-corrected chi connectivity index (χ4v) is 4.52. The minimum atomic E-state index is -3.59. The maximum Gasteiger partial charge on any atom is 0.251 e. The van der Waals surface area contributed by atoms with E-state index in [4.69, 9.17) is 0 Å². The SMILES string of the molecule is CCn1c(CNC(=O)c2cccc(S(=O)(=O)NC3CC3)c2)nc2ccccc21. The van der Waals surface area contributed by atoms with Gasteiger partial charge >= 0.3 is 0 Å². The number of carbonyl (C=O) groups is 1. The fourth-order valence-electron chi connectivity index (χ4n) is 3.17. The highest BCUT2D eigenvalue weighted by Crippen LogP contribution is 2.22. The molecule has 0 bridgehead atoms. The molecule has 1 saturated carbocycles. The van der Waals surface area contributed by atoms with Gasteiger partial charge in [0, 0.05) is 18.2 Å². The second-order valence-electron chi connectivity index (χ2n) is 6.87. The molecule has 1 aliphatic rings. The number of benzene rings is 2. The maximum absolute atomic E-state index is 12.6. The van der Waals surface area contributed by atoms with E-state index in [1.54, 1.807) is 12.1 Å². The first-order valence-electron chi connectivity index (χ1n) is 9.32. The molecule has 2 N–H and O–H groups in total. The Morgan fingerprint density at radius 2 is 1.96 bits per heavy atom. The quantitative estimate of drug-likeness (QED) is 0.639. The van der Waals surface area contributed by atoms with E-state index in [1.165, 1.54) is 12.1 Å². The lowest BCUT2D eigenvalue weighted by atomic mass is 10.2. The number of para-hydroxylation sites is 2. The molecule has 0 radical (unpaired) electrons. The summed E-state index contributed by atoms with van der Waals surface area (Å²) < 4.78 is 29.4. The molecule has 1 heterocycles. The molecule has 0 saturated heterocycles. The van der Waals surface area contributed by atoms with Gasteiger partial charge in [0.25, 0.3) is 5.91 Å². The molecule has 2 aromatic carbocycles. The third-order valence-electron chi connectivity index (χ3n) is 4.76. The van der Waals surface area contributed by atoms with E-state index in [-0.39, 0.29) is 23.4 Å². The Labute approximate surface area is 163 Å². The number of hydrogen-bond donors (Lipinski definition) is 2. The number of imidazole rings is 1. The van der Waals surface area contributed by atoms with Gasteiger partial charge in [-0.3, -0.25) is 4.79 Å². The number of hydrogen-bond acceptors (Lipinski definition) is 4. The highest BCUT2D eigenvalue weighted by Gasteiger charge is 2.28. The third kappa shape index (κ3) is 3.79. The van der Waals surface area contributed by atoms with Crippen molar-refractivity contribution < 1.29 is 13.2 Å². The van der Waals surface area contributed by atoms with Crippen LogP contribution in [0, 0.1) is 0 Å². The van der Waals surface area contributed by atoms with Crippen LogP contribution < -0.4 is 10.0 Å². The van der Waals surface area contributed by atoms with Crippen molar-refractivity contribution in [1.29, 1.82) is 0 Å². The molecule has 28 heavy (non-hydrogen) atoms. The van der Waals surface area contributed by atoms with Crippen molar-refractivity contribution >= 4 is 27.0 Å². The summed E-state index contributed by atoms with van der Waals surface area (Å²) in [5.41, 5.74) is 2.21. The van der Waals surface area contributed by atoms with E-state index in [1.807, 2.05) is 31.2 Å². The Hall–Kier alpha value is -2.71. The average Bonchev–Trinajstić information content (AvgIpc) is 3.42. The first-order chi connectivity index (χ1) is 13.5. The molecule has 1 fully saturated rings. The van der Waals surface area contributed by atoms with Gasteiger partial charge in [-0.15, -0.1) is 0 Å². The summed E-state index contributed by atoms with van der Waals surface area (Å²) in [7, 11) is -3.59. The van der Waals surface area contributed by atoms with Gasteiger partial charge in [-0.05, 0) is 50.1 Å². The van der Waals surface area contributed by atoms with E-state index in [2.05, 4.69) is 19.6 Å². The Kier molecular flexibility index (Phi) is 4.91. The molecule has 4 rings (SSSR count). The standard InChI is InChI=1S/C20H22N4O3S/c1-2-24-18-9-4-3-8-17(18)22-19(24)13-21-20(25)14-6-5-7-16(12-14)28(26,27)23-15-10-11-15/h3-9,12,15,23H,2,10-11,13H2,1H3,(H,21,25). The number of aryl methyl sites for hydroxylation is 1. The van der Waals surface area contributed by atoms with Crippen LogP contribution in [0.4, 0.5) is 0 Å². The van der Waals surface area contributed by atoms with Gasteiger partial charge in [0.2, 0.25) is 10.0 Å². The van der Waals surface area contributed by atoms with E-state index < -0.39 is 10.0 Å². The number of fused-ring (bicyclic) bond motifs is 1. The van der Waals surface area contributed by atoms with Crippen LogP contribution in [-0.2, 0) is 23.1 Å². The van der Waals surface area contributed by atoms with Crippen LogP contribution in [0.15, 0.2) is 53.4 Å². The van der Waals surface area contributed by atoms with Crippen LogP contribution >= 0.6 is 0 Å². The molecule has 3 aromatic rings. The lowest BCUT2D eigenvalue weighted by Gasteiger charge is -2.09. The zero-order chi connectivity index (χ0) is 19.7. The van der Waals surface area contributed by atoms with Gasteiger partial charge in [-0.1, -0.05) is 18.2 Å². The number of nitrogens with one attached hydrogen (secondary N) is 2. The van der Waals surface area contributed by atoms with E-state index in [9.17, 15) is 13.2 Å². The molecular weight excluding hydrogens is 376 g/mol. The van der Waals surface area contributed by atoms with Crippen molar-refractivity contribution in [3.8, 4) is 0 Å². The lowest BCUT2D eigenvalue weighted by Crippen LogP contribution is -2.27. The zero-order valence-corrected chi connectivity index (χ0v) is 16.4. The molecule has 1 amide bonds. The third-order valence-corrected chi connectivity index (χ3v) is 6.28. The topological polar surface area (TPSA) is 93.1 Å². The van der Waals surface area contributed by atoms with Gasteiger partial charge in [-0.2, -0.15) is 0 Å². The normalized spacial score (nSPS) is 14.3. The number of sulfonamides is 1. The molecule has 0 aliphatic heterocycles. The molecule has 7 nitrogen and oxygen atoms in total. The molecular formula is C20H22N4O3S. The molecule has 1 aromatic heterocycles. The monoisotopic (exact) mass is 398 g/mol. The second-order valence-corrected chi connectivity index (χ2v) is 8.58. The summed E-state index contributed by atoms with van der Waals surface area (Å²) >= 11 is 0. The van der Waals surface area contributed by atoms with E-state index in [0.29, 0.717) is 5.56 Å². The Balaban J connectivity index is 1.51. The van der Waals surface area contributed by atoms with E-state index >= 15 is 0 Å². The molecule has 0 unspecified atom stereocenters. The Morgan fingerprint density at radius 1 is 1.18 bits per heavy atom. The van der Waals surface area contributed by atoms with Crippen LogP contribution in [0.3, 0.4) is 0 Å². The van der Waals surface area contributed by atoms with Crippen LogP contribution in [0.25, 0.3) is 11.0 Å². The minimum Gasteiger partial charge on any atom is -0.345 e. The van der Waals surface area contributed by atoms with Crippen molar-refractivity contribution in [2.45, 2.75) is 43.8 Å². The van der Waals surface area contributed by atoms with Crippen LogP contribution in [0.1, 0.15) is 35.9 Å². The highest BCUT2D eigenvalue weighted by molar-refractivity contribution is 7.89. The van der Waals surface area contributed by atoms with E-state index in [0.717, 1.165) is 36.2 Å². The maximum atomic E-state index is 12.6. The summed E-state index contributed by atoms with van der Waals surface area (Å²) in [6.07, 6.45) is 1.72. The van der Waals surface area contributed by atoms with Crippen molar-refractivity contribution in [2.75, 3.05) is 0 Å². The number of aromatic nitrogens is 2. The number of carbonyl (C=O) groups excluding carboxylic acids is 1. The lowest BCUT2D eigenvalue weighted by molar-refractivity contribution is 0.0949. The fraction of sp³-hybridized carbons (Fsp3) is 0.300. The summed E-state index contributed by atoms with van der Waals surface area (Å²) in [6, 6.07) is 13.9. The number of amides is 1. The van der Waals surface area contributed by atoms with Gasteiger partial charge in [0.1, 0.15) is 5.82 Å². The summed E-state index contributed by atoms with van der Waals surface area (Å²) in [6.45, 7) is 3.03. The summed E-state index contributed by atoms with van der Waals surface area (Å²) in [5.74, 6) is 0.425. The predicted molar refractivity (Wildman–Crippen MR) is 106 cm³/mol. The molecule has 8 heteroatoms. The van der Waals surface area contributed by atoms with Gasteiger partial charge in [0.15, 0.2) is 0 Å². The zero-order valence-electron chi connectivity index (χ0n) is 15.6. The largest absolute Gasteiger partial charge is 0.345 e. The first-order valence-corrected chi connectivity index (χ1v) is 10.8. The average molecular weight is 398 g/mol. The van der Waals surface area contributed by atoms with Gasteiger partial charge in [-0.25, -0.2) is 18.1 Å². The molecule has 146 valence electrons. The Morgan fingerprint density at radius 3 is 2.71 bits per heavy atom. The number of rotatable bonds is 7. The summed E-state index contributed by atoms with van der Waals surface area (Å²) in [4.78, 5) is 17.3. The smallest absolute Gasteiger partial charge is 0.251 e. The first kappa shape index (κ1) is 18.6. The molecule has 0 atom stereocenters. The summed E-state index contributed by atoms with van der Waals surface area (Å²) in [5, 5.41) is 2.85.